The zero-order valence-corrected chi connectivity index (χ0v) is 12.6. The standard InChI is InChI=1S/C13H18N2O5S/c1-9-4-3-5-10(6-9)12(13(16)17)14-21(18,19)15-7-11(8-15)20-2/h3-6,11-12,14H,7-8H2,1-2H3,(H,16,17). The fourth-order valence-electron chi connectivity index (χ4n) is 2.08. The molecular formula is C13H18N2O5S. The average Bonchev–Trinajstić information content (AvgIpc) is 2.34. The maximum atomic E-state index is 12.1. The van der Waals surface area contributed by atoms with Gasteiger partial charge in [-0.15, -0.1) is 0 Å². The van der Waals surface area contributed by atoms with Crippen molar-refractivity contribution in [1.82, 2.24) is 9.03 Å². The molecule has 2 N–H and O–H groups in total. The lowest BCUT2D eigenvalue weighted by atomic mass is 10.1. The second-order valence-corrected chi connectivity index (χ2v) is 6.69. The average molecular weight is 314 g/mol. The van der Waals surface area contributed by atoms with Gasteiger partial charge in [0.15, 0.2) is 0 Å². The van der Waals surface area contributed by atoms with E-state index in [0.29, 0.717) is 5.56 Å². The van der Waals surface area contributed by atoms with Crippen LogP contribution in [0.25, 0.3) is 0 Å². The molecule has 0 spiro atoms. The van der Waals surface area contributed by atoms with Crippen molar-refractivity contribution in [2.45, 2.75) is 19.1 Å². The number of aliphatic carboxylic acids is 1. The van der Waals surface area contributed by atoms with Gasteiger partial charge in [0, 0.05) is 20.2 Å². The number of aryl methyl sites for hydroxylation is 1. The number of carbonyl (C=O) groups is 1. The van der Waals surface area contributed by atoms with Crippen LogP contribution in [0.1, 0.15) is 17.2 Å². The van der Waals surface area contributed by atoms with Crippen molar-refractivity contribution < 1.29 is 23.1 Å². The van der Waals surface area contributed by atoms with Crippen LogP contribution in [-0.4, -0.2) is 50.1 Å². The van der Waals surface area contributed by atoms with Crippen molar-refractivity contribution in [1.29, 1.82) is 0 Å². The first-order valence-corrected chi connectivity index (χ1v) is 7.87. The first-order chi connectivity index (χ1) is 9.83. The molecule has 0 bridgehead atoms. The van der Waals surface area contributed by atoms with Gasteiger partial charge < -0.3 is 9.84 Å². The van der Waals surface area contributed by atoms with Crippen LogP contribution in [0.15, 0.2) is 24.3 Å². The highest BCUT2D eigenvalue weighted by Gasteiger charge is 2.38. The van der Waals surface area contributed by atoms with Crippen LogP contribution >= 0.6 is 0 Å². The van der Waals surface area contributed by atoms with E-state index in [-0.39, 0.29) is 19.2 Å². The Balaban J connectivity index is 2.15. The number of carboxylic acid groups (broad SMARTS) is 1. The largest absolute Gasteiger partial charge is 0.480 e. The Morgan fingerprint density at radius 3 is 2.67 bits per heavy atom. The molecular weight excluding hydrogens is 296 g/mol. The minimum Gasteiger partial charge on any atom is -0.480 e. The first kappa shape index (κ1) is 15.9. The van der Waals surface area contributed by atoms with Gasteiger partial charge in [-0.3, -0.25) is 4.79 Å². The van der Waals surface area contributed by atoms with E-state index in [9.17, 15) is 18.3 Å². The van der Waals surface area contributed by atoms with E-state index in [0.717, 1.165) is 9.87 Å². The Bertz CT molecular complexity index is 625. The molecule has 0 amide bonds. The Morgan fingerprint density at radius 1 is 1.48 bits per heavy atom. The lowest BCUT2D eigenvalue weighted by Gasteiger charge is -2.37. The van der Waals surface area contributed by atoms with E-state index in [4.69, 9.17) is 4.74 Å². The number of carboxylic acids is 1. The Kier molecular flexibility index (Phi) is 4.62. The molecule has 1 fully saturated rings. The molecule has 2 rings (SSSR count). The quantitative estimate of drug-likeness (QED) is 0.786. The van der Waals surface area contributed by atoms with Crippen molar-refractivity contribution in [3.63, 3.8) is 0 Å². The summed E-state index contributed by atoms with van der Waals surface area (Å²) < 4.78 is 32.7. The molecule has 116 valence electrons. The maximum absolute atomic E-state index is 12.1. The van der Waals surface area contributed by atoms with Gasteiger partial charge in [-0.1, -0.05) is 29.8 Å². The summed E-state index contributed by atoms with van der Waals surface area (Å²) >= 11 is 0. The van der Waals surface area contributed by atoms with Crippen LogP contribution in [0.4, 0.5) is 0 Å². The lowest BCUT2D eigenvalue weighted by molar-refractivity contribution is -0.139. The van der Waals surface area contributed by atoms with Crippen LogP contribution in [-0.2, 0) is 19.7 Å². The number of hydrogen-bond acceptors (Lipinski definition) is 4. The summed E-state index contributed by atoms with van der Waals surface area (Å²) in [6, 6.07) is 5.43. The van der Waals surface area contributed by atoms with Crippen LogP contribution < -0.4 is 4.72 Å². The lowest BCUT2D eigenvalue weighted by Crippen LogP contribution is -2.58. The van der Waals surface area contributed by atoms with Crippen molar-refractivity contribution in [3.05, 3.63) is 35.4 Å². The topological polar surface area (TPSA) is 95.9 Å². The van der Waals surface area contributed by atoms with Gasteiger partial charge in [-0.25, -0.2) is 0 Å². The van der Waals surface area contributed by atoms with E-state index in [1.54, 1.807) is 18.2 Å². The van der Waals surface area contributed by atoms with Gasteiger partial charge in [0.1, 0.15) is 6.04 Å². The predicted octanol–water partition coefficient (Wildman–Crippen LogP) is 0.286. The molecule has 1 saturated heterocycles. The smallest absolute Gasteiger partial charge is 0.326 e. The monoisotopic (exact) mass is 314 g/mol. The summed E-state index contributed by atoms with van der Waals surface area (Å²) in [5, 5.41) is 9.28. The molecule has 8 heteroatoms. The number of benzene rings is 1. The third-order valence-corrected chi connectivity index (χ3v) is 4.89. The minimum atomic E-state index is -3.85. The van der Waals surface area contributed by atoms with Crippen molar-refractivity contribution in [3.8, 4) is 0 Å². The fraction of sp³-hybridized carbons (Fsp3) is 0.462. The molecule has 1 aliphatic heterocycles. The second-order valence-electron chi connectivity index (χ2n) is 4.98. The van der Waals surface area contributed by atoms with E-state index in [1.807, 2.05) is 13.0 Å². The van der Waals surface area contributed by atoms with Crippen LogP contribution in [0.3, 0.4) is 0 Å². The molecule has 21 heavy (non-hydrogen) atoms. The SMILES string of the molecule is COC1CN(S(=O)(=O)NC(C(=O)O)c2cccc(C)c2)C1. The highest BCUT2D eigenvalue weighted by atomic mass is 32.2. The summed E-state index contributed by atoms with van der Waals surface area (Å²) in [6.45, 7) is 2.27. The zero-order valence-electron chi connectivity index (χ0n) is 11.8. The third-order valence-electron chi connectivity index (χ3n) is 3.38. The molecule has 1 aromatic carbocycles. The number of ether oxygens (including phenoxy) is 1. The highest BCUT2D eigenvalue weighted by Crippen LogP contribution is 2.20. The van der Waals surface area contributed by atoms with Crippen LogP contribution in [0.5, 0.6) is 0 Å². The Hall–Kier alpha value is -1.48. The minimum absolute atomic E-state index is 0.135. The fourth-order valence-corrected chi connectivity index (χ4v) is 3.49. The summed E-state index contributed by atoms with van der Waals surface area (Å²) in [5.41, 5.74) is 1.26. The van der Waals surface area contributed by atoms with E-state index in [2.05, 4.69) is 4.72 Å². The summed E-state index contributed by atoms with van der Waals surface area (Å²) in [7, 11) is -2.34. The first-order valence-electron chi connectivity index (χ1n) is 6.43. The van der Waals surface area contributed by atoms with E-state index >= 15 is 0 Å². The molecule has 1 unspecified atom stereocenters. The van der Waals surface area contributed by atoms with Crippen molar-refractivity contribution in [2.75, 3.05) is 20.2 Å². The maximum Gasteiger partial charge on any atom is 0.326 e. The molecule has 0 radical (unpaired) electrons. The van der Waals surface area contributed by atoms with Gasteiger partial charge in [-0.05, 0) is 12.5 Å². The third kappa shape index (κ3) is 3.59. The normalized spacial score (nSPS) is 18.2. The molecule has 1 atom stereocenters. The van der Waals surface area contributed by atoms with Gasteiger partial charge in [0.05, 0.1) is 6.10 Å². The molecule has 1 aliphatic rings. The molecule has 7 nitrogen and oxygen atoms in total. The number of hydrogen-bond donors (Lipinski definition) is 2. The number of methoxy groups -OCH3 is 1. The summed E-state index contributed by atoms with van der Waals surface area (Å²) in [6.07, 6.45) is -0.135. The van der Waals surface area contributed by atoms with Crippen molar-refractivity contribution >= 4 is 16.2 Å². The van der Waals surface area contributed by atoms with Crippen molar-refractivity contribution in [2.24, 2.45) is 0 Å². The van der Waals surface area contributed by atoms with Gasteiger partial charge >= 0.3 is 5.97 Å². The molecule has 0 aliphatic carbocycles. The van der Waals surface area contributed by atoms with Crippen LogP contribution in [0.2, 0.25) is 0 Å². The van der Waals surface area contributed by atoms with Gasteiger partial charge in [0.2, 0.25) is 0 Å². The Morgan fingerprint density at radius 2 is 2.14 bits per heavy atom. The van der Waals surface area contributed by atoms with Gasteiger partial charge in [-0.2, -0.15) is 17.4 Å². The second kappa shape index (κ2) is 6.10. The summed E-state index contributed by atoms with van der Waals surface area (Å²) in [4.78, 5) is 11.4. The van der Waals surface area contributed by atoms with Gasteiger partial charge in [0.25, 0.3) is 10.2 Å². The van der Waals surface area contributed by atoms with E-state index in [1.165, 1.54) is 7.11 Å². The molecule has 0 saturated carbocycles. The zero-order chi connectivity index (χ0) is 15.6. The number of rotatable bonds is 6. The molecule has 1 heterocycles. The summed E-state index contributed by atoms with van der Waals surface area (Å²) in [5.74, 6) is -1.24. The number of nitrogens with one attached hydrogen (secondary N) is 1. The van der Waals surface area contributed by atoms with E-state index < -0.39 is 22.2 Å². The highest BCUT2D eigenvalue weighted by molar-refractivity contribution is 7.87. The Labute approximate surface area is 123 Å². The predicted molar refractivity (Wildman–Crippen MR) is 76.0 cm³/mol. The molecule has 0 aromatic heterocycles. The number of nitrogens with zero attached hydrogens (tertiary/aromatic N) is 1. The van der Waals surface area contributed by atoms with Crippen LogP contribution in [0, 0.1) is 6.92 Å². The molecule has 1 aromatic rings.